The first-order valence-corrected chi connectivity index (χ1v) is 7.17. The van der Waals surface area contributed by atoms with Crippen LogP contribution in [0.5, 0.6) is 0 Å². The van der Waals surface area contributed by atoms with Gasteiger partial charge in [0.15, 0.2) is 11.6 Å². The molecule has 5 nitrogen and oxygen atoms in total. The maximum atomic E-state index is 13.6. The number of amides is 2. The summed E-state index contributed by atoms with van der Waals surface area (Å²) in [6, 6.07) is 1.09. The zero-order chi connectivity index (χ0) is 17.1. The van der Waals surface area contributed by atoms with Gasteiger partial charge in [0.2, 0.25) is 5.91 Å². The Morgan fingerprint density at radius 2 is 1.57 bits per heavy atom. The highest BCUT2D eigenvalue weighted by molar-refractivity contribution is 5.81. The Morgan fingerprint density at radius 1 is 1.04 bits per heavy atom. The lowest BCUT2D eigenvalue weighted by molar-refractivity contribution is -0.144. The zero-order valence-electron chi connectivity index (χ0n) is 12.6. The largest absolute Gasteiger partial charge is 0.384 e. The maximum Gasteiger partial charge on any atom is 0.251 e. The van der Waals surface area contributed by atoms with Gasteiger partial charge >= 0.3 is 0 Å². The van der Waals surface area contributed by atoms with Crippen LogP contribution in [0.1, 0.15) is 12.5 Å². The molecule has 126 valence electrons. The minimum Gasteiger partial charge on any atom is -0.384 e. The number of halogens is 3. The molecular weight excluding hydrogens is 313 g/mol. The smallest absolute Gasteiger partial charge is 0.251 e. The van der Waals surface area contributed by atoms with Crippen LogP contribution in [0.15, 0.2) is 12.1 Å². The number of aliphatic hydroxyl groups excluding tert-OH is 1. The molecule has 1 heterocycles. The van der Waals surface area contributed by atoms with Crippen LogP contribution in [0.25, 0.3) is 0 Å². The van der Waals surface area contributed by atoms with E-state index >= 15 is 0 Å². The standard InChI is InChI=1S/C15H17F3N2O3/c1-9(21)15(23)20-4-2-19(3-5-20)14(22)7-10-6-12(17)13(18)8-11(10)16/h6,8-9,21H,2-5,7H2,1H3. The molecule has 0 aromatic heterocycles. The zero-order valence-corrected chi connectivity index (χ0v) is 12.6. The molecule has 0 spiro atoms. The van der Waals surface area contributed by atoms with Gasteiger partial charge in [-0.05, 0) is 13.0 Å². The lowest BCUT2D eigenvalue weighted by Crippen LogP contribution is -2.52. The van der Waals surface area contributed by atoms with Gasteiger partial charge in [-0.2, -0.15) is 0 Å². The van der Waals surface area contributed by atoms with Crippen LogP contribution in [0.2, 0.25) is 0 Å². The Hall–Kier alpha value is -2.09. The number of piperazine rings is 1. The van der Waals surface area contributed by atoms with Crippen molar-refractivity contribution < 1.29 is 27.9 Å². The van der Waals surface area contributed by atoms with Crippen LogP contribution in [-0.4, -0.2) is 59.0 Å². The predicted octanol–water partition coefficient (Wildman–Crippen LogP) is 0.698. The van der Waals surface area contributed by atoms with E-state index in [9.17, 15) is 27.9 Å². The molecule has 1 N–H and O–H groups in total. The molecule has 0 saturated carbocycles. The van der Waals surface area contributed by atoms with Gasteiger partial charge in [0.1, 0.15) is 11.9 Å². The van der Waals surface area contributed by atoms with Crippen LogP contribution in [0.3, 0.4) is 0 Å². The number of rotatable bonds is 3. The minimum atomic E-state index is -1.30. The van der Waals surface area contributed by atoms with Crippen molar-refractivity contribution in [1.29, 1.82) is 0 Å². The van der Waals surface area contributed by atoms with E-state index in [-0.39, 0.29) is 38.2 Å². The Kier molecular flexibility index (Phi) is 5.25. The van der Waals surface area contributed by atoms with Crippen molar-refractivity contribution in [3.8, 4) is 0 Å². The summed E-state index contributed by atoms with van der Waals surface area (Å²) in [6.45, 7) is 2.36. The molecule has 1 aromatic rings. The lowest BCUT2D eigenvalue weighted by atomic mass is 10.1. The molecule has 0 bridgehead atoms. The van der Waals surface area contributed by atoms with Gasteiger partial charge < -0.3 is 14.9 Å². The fraction of sp³-hybridized carbons (Fsp3) is 0.467. The lowest BCUT2D eigenvalue weighted by Gasteiger charge is -2.35. The molecular formula is C15H17F3N2O3. The van der Waals surface area contributed by atoms with E-state index in [1.807, 2.05) is 0 Å². The second-order valence-electron chi connectivity index (χ2n) is 5.42. The molecule has 8 heteroatoms. The van der Waals surface area contributed by atoms with Crippen molar-refractivity contribution in [1.82, 2.24) is 9.80 Å². The third-order valence-corrected chi connectivity index (χ3v) is 3.73. The molecule has 2 rings (SSSR count). The van der Waals surface area contributed by atoms with Crippen LogP contribution in [0.4, 0.5) is 13.2 Å². The summed E-state index contributed by atoms with van der Waals surface area (Å²) >= 11 is 0. The monoisotopic (exact) mass is 330 g/mol. The summed E-state index contributed by atoms with van der Waals surface area (Å²) < 4.78 is 39.6. The van der Waals surface area contributed by atoms with Crippen LogP contribution in [0, 0.1) is 17.5 Å². The van der Waals surface area contributed by atoms with Crippen molar-refractivity contribution in [3.63, 3.8) is 0 Å². The van der Waals surface area contributed by atoms with E-state index in [2.05, 4.69) is 0 Å². The Labute approximate surface area is 131 Å². The number of benzene rings is 1. The fourth-order valence-electron chi connectivity index (χ4n) is 2.41. The summed E-state index contributed by atoms with van der Waals surface area (Å²) in [7, 11) is 0. The van der Waals surface area contributed by atoms with E-state index < -0.39 is 35.4 Å². The topological polar surface area (TPSA) is 60.9 Å². The van der Waals surface area contributed by atoms with Gasteiger partial charge in [0, 0.05) is 37.8 Å². The molecule has 0 aliphatic carbocycles. The highest BCUT2D eigenvalue weighted by atomic mass is 19.2. The van der Waals surface area contributed by atoms with Crippen LogP contribution >= 0.6 is 0 Å². The molecule has 1 aromatic carbocycles. The van der Waals surface area contributed by atoms with Crippen molar-refractivity contribution >= 4 is 11.8 Å². The molecule has 23 heavy (non-hydrogen) atoms. The third-order valence-electron chi connectivity index (χ3n) is 3.73. The summed E-state index contributed by atoms with van der Waals surface area (Å²) in [5.74, 6) is -4.33. The molecule has 1 saturated heterocycles. The molecule has 0 radical (unpaired) electrons. The Balaban J connectivity index is 1.96. The summed E-state index contributed by atoms with van der Waals surface area (Å²) in [5, 5.41) is 9.24. The molecule has 1 unspecified atom stereocenters. The number of carbonyl (C=O) groups excluding carboxylic acids is 2. The van der Waals surface area contributed by atoms with E-state index in [0.717, 1.165) is 0 Å². The van der Waals surface area contributed by atoms with Gasteiger partial charge in [0.25, 0.3) is 5.91 Å². The summed E-state index contributed by atoms with van der Waals surface area (Å²) in [5.41, 5.74) is -0.212. The molecule has 1 aliphatic heterocycles. The van der Waals surface area contributed by atoms with Gasteiger partial charge in [-0.1, -0.05) is 0 Å². The predicted molar refractivity (Wildman–Crippen MR) is 74.9 cm³/mol. The van der Waals surface area contributed by atoms with Crippen LogP contribution in [-0.2, 0) is 16.0 Å². The maximum absolute atomic E-state index is 13.6. The number of hydrogen-bond acceptors (Lipinski definition) is 3. The van der Waals surface area contributed by atoms with Gasteiger partial charge in [0.05, 0.1) is 6.42 Å². The SMILES string of the molecule is CC(O)C(=O)N1CCN(C(=O)Cc2cc(F)c(F)cc2F)CC1. The highest BCUT2D eigenvalue weighted by Crippen LogP contribution is 2.16. The molecule has 1 fully saturated rings. The average molecular weight is 330 g/mol. The van der Waals surface area contributed by atoms with E-state index in [0.29, 0.717) is 12.1 Å². The highest BCUT2D eigenvalue weighted by Gasteiger charge is 2.26. The Morgan fingerprint density at radius 3 is 2.13 bits per heavy atom. The number of carbonyl (C=O) groups is 2. The summed E-state index contributed by atoms with van der Waals surface area (Å²) in [4.78, 5) is 26.6. The van der Waals surface area contributed by atoms with Gasteiger partial charge in [-0.25, -0.2) is 13.2 Å². The number of nitrogens with zero attached hydrogens (tertiary/aromatic N) is 2. The van der Waals surface area contributed by atoms with E-state index in [1.165, 1.54) is 16.7 Å². The molecule has 1 aliphatic rings. The number of hydrogen-bond donors (Lipinski definition) is 1. The molecule has 2 amide bonds. The minimum absolute atomic E-state index is 0.212. The van der Waals surface area contributed by atoms with Crippen molar-refractivity contribution in [2.75, 3.05) is 26.2 Å². The summed E-state index contributed by atoms with van der Waals surface area (Å²) in [6.07, 6.45) is -1.48. The van der Waals surface area contributed by atoms with Crippen molar-refractivity contribution in [2.45, 2.75) is 19.4 Å². The third kappa shape index (κ3) is 4.01. The van der Waals surface area contributed by atoms with Crippen LogP contribution < -0.4 is 0 Å². The first-order valence-electron chi connectivity index (χ1n) is 7.17. The fourth-order valence-corrected chi connectivity index (χ4v) is 2.41. The average Bonchev–Trinajstić information content (AvgIpc) is 2.51. The second kappa shape index (κ2) is 6.99. The van der Waals surface area contributed by atoms with Crippen molar-refractivity contribution in [2.24, 2.45) is 0 Å². The number of aliphatic hydroxyl groups is 1. The molecule has 1 atom stereocenters. The Bertz CT molecular complexity index is 614. The van der Waals surface area contributed by atoms with Gasteiger partial charge in [-0.15, -0.1) is 0 Å². The first-order chi connectivity index (χ1) is 10.8. The van der Waals surface area contributed by atoms with Crippen molar-refractivity contribution in [3.05, 3.63) is 35.1 Å². The van der Waals surface area contributed by atoms with E-state index in [4.69, 9.17) is 0 Å². The quantitative estimate of drug-likeness (QED) is 0.830. The first kappa shape index (κ1) is 17.3. The second-order valence-corrected chi connectivity index (χ2v) is 5.42. The van der Waals surface area contributed by atoms with Gasteiger partial charge in [-0.3, -0.25) is 9.59 Å². The van der Waals surface area contributed by atoms with E-state index in [1.54, 1.807) is 0 Å². The normalized spacial score (nSPS) is 16.4.